The third kappa shape index (κ3) is 2.31. The summed E-state index contributed by atoms with van der Waals surface area (Å²) in [6.45, 7) is 3.25. The number of nitrogens with two attached hydrogens (primary N) is 1. The first-order chi connectivity index (χ1) is 8.09. The van der Waals surface area contributed by atoms with Gasteiger partial charge in [-0.3, -0.25) is 9.59 Å². The molecule has 6 heteroatoms. The molecule has 0 saturated carbocycles. The van der Waals surface area contributed by atoms with Crippen LogP contribution in [-0.2, 0) is 4.79 Å². The minimum Gasteiger partial charge on any atom is -0.456 e. The van der Waals surface area contributed by atoms with Crippen molar-refractivity contribution in [2.24, 2.45) is 5.73 Å². The van der Waals surface area contributed by atoms with Crippen LogP contribution < -0.4 is 11.1 Å². The largest absolute Gasteiger partial charge is 0.456 e. The monoisotopic (exact) mass is 237 g/mol. The number of hydrogen-bond acceptors (Lipinski definition) is 4. The minimum atomic E-state index is -0.610. The van der Waals surface area contributed by atoms with Crippen molar-refractivity contribution in [3.63, 3.8) is 0 Å². The SMILES string of the molecule is Cc1ccc(C(=O)N2CCNCC2C(N)=O)o1. The van der Waals surface area contributed by atoms with Gasteiger partial charge in [-0.1, -0.05) is 0 Å². The Morgan fingerprint density at radius 3 is 2.88 bits per heavy atom. The van der Waals surface area contributed by atoms with E-state index in [1.165, 1.54) is 4.90 Å². The highest BCUT2D eigenvalue weighted by Crippen LogP contribution is 2.13. The van der Waals surface area contributed by atoms with Crippen molar-refractivity contribution >= 4 is 11.8 Å². The lowest BCUT2D eigenvalue weighted by atomic mass is 10.1. The Morgan fingerprint density at radius 1 is 1.53 bits per heavy atom. The van der Waals surface area contributed by atoms with Crippen molar-refractivity contribution < 1.29 is 14.0 Å². The van der Waals surface area contributed by atoms with Crippen LogP contribution in [0.25, 0.3) is 0 Å². The number of nitrogens with zero attached hydrogens (tertiary/aromatic N) is 1. The summed E-state index contributed by atoms with van der Waals surface area (Å²) in [6, 6.07) is 2.72. The van der Waals surface area contributed by atoms with Crippen molar-refractivity contribution in [2.45, 2.75) is 13.0 Å². The van der Waals surface area contributed by atoms with E-state index in [9.17, 15) is 9.59 Å². The van der Waals surface area contributed by atoms with E-state index in [1.54, 1.807) is 19.1 Å². The first kappa shape index (κ1) is 11.7. The van der Waals surface area contributed by atoms with E-state index in [0.29, 0.717) is 25.4 Å². The number of rotatable bonds is 2. The third-order valence-corrected chi connectivity index (χ3v) is 2.78. The van der Waals surface area contributed by atoms with Crippen LogP contribution in [0.1, 0.15) is 16.3 Å². The summed E-state index contributed by atoms with van der Waals surface area (Å²) >= 11 is 0. The summed E-state index contributed by atoms with van der Waals surface area (Å²) in [4.78, 5) is 24.8. The number of carbonyl (C=O) groups excluding carboxylic acids is 2. The summed E-state index contributed by atoms with van der Waals surface area (Å²) in [5.41, 5.74) is 5.28. The molecule has 0 aliphatic carbocycles. The van der Waals surface area contributed by atoms with Crippen LogP contribution >= 0.6 is 0 Å². The molecule has 17 heavy (non-hydrogen) atoms. The molecule has 92 valence electrons. The second-order valence-electron chi connectivity index (χ2n) is 4.03. The molecule has 1 saturated heterocycles. The molecule has 1 fully saturated rings. The average molecular weight is 237 g/mol. The van der Waals surface area contributed by atoms with Crippen LogP contribution in [-0.4, -0.2) is 42.4 Å². The minimum absolute atomic E-state index is 0.246. The lowest BCUT2D eigenvalue weighted by Gasteiger charge is -2.33. The topological polar surface area (TPSA) is 88.6 Å². The van der Waals surface area contributed by atoms with Gasteiger partial charge in [-0.25, -0.2) is 0 Å². The second-order valence-corrected chi connectivity index (χ2v) is 4.03. The van der Waals surface area contributed by atoms with E-state index in [-0.39, 0.29) is 11.7 Å². The average Bonchev–Trinajstić information content (AvgIpc) is 2.75. The molecule has 2 rings (SSSR count). The quantitative estimate of drug-likeness (QED) is 0.725. The number of aryl methyl sites for hydroxylation is 1. The van der Waals surface area contributed by atoms with Gasteiger partial charge in [0, 0.05) is 19.6 Å². The van der Waals surface area contributed by atoms with Crippen LogP contribution in [0, 0.1) is 6.92 Å². The summed E-state index contributed by atoms with van der Waals surface area (Å²) in [5, 5.41) is 3.03. The van der Waals surface area contributed by atoms with Crippen molar-refractivity contribution in [2.75, 3.05) is 19.6 Å². The van der Waals surface area contributed by atoms with Crippen LogP contribution in [0.4, 0.5) is 0 Å². The van der Waals surface area contributed by atoms with E-state index in [4.69, 9.17) is 10.2 Å². The van der Waals surface area contributed by atoms with Crippen molar-refractivity contribution in [1.82, 2.24) is 10.2 Å². The van der Waals surface area contributed by atoms with Crippen LogP contribution in [0.5, 0.6) is 0 Å². The van der Waals surface area contributed by atoms with E-state index in [0.717, 1.165) is 0 Å². The van der Waals surface area contributed by atoms with E-state index < -0.39 is 11.9 Å². The summed E-state index contributed by atoms with van der Waals surface area (Å²) in [5.74, 6) is 0.118. The number of furan rings is 1. The smallest absolute Gasteiger partial charge is 0.290 e. The maximum Gasteiger partial charge on any atom is 0.290 e. The van der Waals surface area contributed by atoms with Gasteiger partial charge in [0.1, 0.15) is 11.8 Å². The number of amides is 2. The molecule has 0 spiro atoms. The molecule has 1 aromatic heterocycles. The maximum atomic E-state index is 12.1. The summed E-state index contributed by atoms with van der Waals surface area (Å²) < 4.78 is 5.26. The Labute approximate surface area is 98.7 Å². The van der Waals surface area contributed by atoms with Gasteiger partial charge >= 0.3 is 0 Å². The number of piperazine rings is 1. The highest BCUT2D eigenvalue weighted by Gasteiger charge is 2.32. The standard InChI is InChI=1S/C11H15N3O3/c1-7-2-3-9(17-7)11(16)14-5-4-13-6-8(14)10(12)15/h2-3,8,13H,4-6H2,1H3,(H2,12,15). The molecule has 1 unspecified atom stereocenters. The zero-order valence-corrected chi connectivity index (χ0v) is 9.60. The first-order valence-electron chi connectivity index (χ1n) is 5.47. The molecule has 0 bridgehead atoms. The highest BCUT2D eigenvalue weighted by atomic mass is 16.3. The molecule has 2 heterocycles. The van der Waals surface area contributed by atoms with Gasteiger partial charge in [-0.2, -0.15) is 0 Å². The zero-order valence-electron chi connectivity index (χ0n) is 9.60. The fourth-order valence-electron chi connectivity index (χ4n) is 1.89. The van der Waals surface area contributed by atoms with Gasteiger partial charge in [-0.15, -0.1) is 0 Å². The third-order valence-electron chi connectivity index (χ3n) is 2.78. The van der Waals surface area contributed by atoms with Gasteiger partial charge < -0.3 is 20.4 Å². The fourth-order valence-corrected chi connectivity index (χ4v) is 1.89. The molecule has 0 radical (unpaired) electrons. The Balaban J connectivity index is 2.19. The van der Waals surface area contributed by atoms with Crippen molar-refractivity contribution in [1.29, 1.82) is 0 Å². The number of nitrogens with one attached hydrogen (secondary N) is 1. The molecule has 1 aliphatic heterocycles. The molecule has 1 aromatic rings. The zero-order chi connectivity index (χ0) is 12.4. The van der Waals surface area contributed by atoms with Crippen LogP contribution in [0.2, 0.25) is 0 Å². The maximum absolute atomic E-state index is 12.1. The molecule has 6 nitrogen and oxygen atoms in total. The Bertz CT molecular complexity index is 441. The predicted octanol–water partition coefficient (Wildman–Crippen LogP) is -0.513. The predicted molar refractivity (Wildman–Crippen MR) is 60.3 cm³/mol. The summed E-state index contributed by atoms with van der Waals surface area (Å²) in [7, 11) is 0. The molecule has 2 amide bonds. The van der Waals surface area contributed by atoms with Gasteiger partial charge in [0.05, 0.1) is 0 Å². The van der Waals surface area contributed by atoms with E-state index in [2.05, 4.69) is 5.32 Å². The first-order valence-corrected chi connectivity index (χ1v) is 5.47. The second kappa shape index (κ2) is 4.58. The Kier molecular flexibility index (Phi) is 3.14. The number of primary amides is 1. The fraction of sp³-hybridized carbons (Fsp3) is 0.455. The van der Waals surface area contributed by atoms with E-state index in [1.807, 2.05) is 0 Å². The van der Waals surface area contributed by atoms with Gasteiger partial charge in [0.15, 0.2) is 5.76 Å². The lowest BCUT2D eigenvalue weighted by molar-refractivity contribution is -0.122. The lowest BCUT2D eigenvalue weighted by Crippen LogP contribution is -2.58. The van der Waals surface area contributed by atoms with Crippen molar-refractivity contribution in [3.8, 4) is 0 Å². The molecule has 1 aliphatic rings. The summed E-state index contributed by atoms with van der Waals surface area (Å²) in [6.07, 6.45) is 0. The molecule has 0 aromatic carbocycles. The van der Waals surface area contributed by atoms with Gasteiger partial charge in [0.2, 0.25) is 5.91 Å². The number of carbonyl (C=O) groups is 2. The molecule has 3 N–H and O–H groups in total. The molecule has 1 atom stereocenters. The van der Waals surface area contributed by atoms with Crippen LogP contribution in [0.3, 0.4) is 0 Å². The van der Waals surface area contributed by atoms with Crippen LogP contribution in [0.15, 0.2) is 16.5 Å². The highest BCUT2D eigenvalue weighted by molar-refractivity contribution is 5.95. The Hall–Kier alpha value is -1.82. The van der Waals surface area contributed by atoms with Gasteiger partial charge in [-0.05, 0) is 19.1 Å². The molecular formula is C11H15N3O3. The number of hydrogen-bond donors (Lipinski definition) is 2. The van der Waals surface area contributed by atoms with Gasteiger partial charge in [0.25, 0.3) is 5.91 Å². The Morgan fingerprint density at radius 2 is 2.29 bits per heavy atom. The van der Waals surface area contributed by atoms with E-state index >= 15 is 0 Å². The van der Waals surface area contributed by atoms with Crippen molar-refractivity contribution in [3.05, 3.63) is 23.7 Å². The normalized spacial score (nSPS) is 20.3. The molecular weight excluding hydrogens is 222 g/mol.